The zero-order valence-corrected chi connectivity index (χ0v) is 13.8. The first kappa shape index (κ1) is 16.3. The molecular formula is C16H23ClN2O2. The molecule has 21 heavy (non-hydrogen) atoms. The highest BCUT2D eigenvalue weighted by molar-refractivity contribution is 6.31. The maximum Gasteiger partial charge on any atom is 0.163 e. The molecule has 116 valence electrons. The molecule has 1 fully saturated rings. The van der Waals surface area contributed by atoms with E-state index >= 15 is 0 Å². The minimum atomic E-state index is -0.170. The van der Waals surface area contributed by atoms with Crippen LogP contribution in [0.3, 0.4) is 0 Å². The fourth-order valence-corrected chi connectivity index (χ4v) is 3.17. The third kappa shape index (κ3) is 3.57. The summed E-state index contributed by atoms with van der Waals surface area (Å²) >= 11 is 6.07. The second-order valence-corrected chi connectivity index (χ2v) is 6.51. The molecule has 1 aromatic rings. The van der Waals surface area contributed by atoms with Crippen LogP contribution in [0.25, 0.3) is 0 Å². The van der Waals surface area contributed by atoms with Gasteiger partial charge in [-0.2, -0.15) is 0 Å². The largest absolute Gasteiger partial charge is 0.507 e. The summed E-state index contributed by atoms with van der Waals surface area (Å²) in [6.07, 6.45) is 0. The van der Waals surface area contributed by atoms with E-state index in [1.54, 1.807) is 6.07 Å². The molecule has 2 unspecified atom stereocenters. The van der Waals surface area contributed by atoms with Gasteiger partial charge >= 0.3 is 0 Å². The third-order valence-electron chi connectivity index (χ3n) is 4.36. The number of likely N-dealkylation sites (N-methyl/N-ethyl adjacent to an activating group) is 1. The van der Waals surface area contributed by atoms with Crippen molar-refractivity contribution >= 4 is 17.4 Å². The standard InChI is InChI=1S/C16H23ClN2O2/c1-10-7-19(8-11(2)18(10)4)9-13-5-14(17)6-15(12(3)20)16(13)21/h5-6,10-11,21H,7-9H2,1-4H3. The van der Waals surface area contributed by atoms with Crippen LogP contribution in [-0.2, 0) is 6.54 Å². The number of ketones is 1. The molecule has 1 aliphatic heterocycles. The Morgan fingerprint density at radius 2 is 1.90 bits per heavy atom. The van der Waals surface area contributed by atoms with Crippen LogP contribution in [0, 0.1) is 0 Å². The van der Waals surface area contributed by atoms with Crippen LogP contribution in [0.4, 0.5) is 0 Å². The van der Waals surface area contributed by atoms with Crippen molar-refractivity contribution in [1.82, 2.24) is 9.80 Å². The molecule has 0 saturated carbocycles. The second kappa shape index (κ2) is 6.34. The number of hydrogen-bond donors (Lipinski definition) is 1. The van der Waals surface area contributed by atoms with Gasteiger partial charge in [-0.05, 0) is 40.0 Å². The predicted molar refractivity (Wildman–Crippen MR) is 85.1 cm³/mol. The maximum atomic E-state index is 11.6. The summed E-state index contributed by atoms with van der Waals surface area (Å²) in [5, 5.41) is 10.8. The number of rotatable bonds is 3. The van der Waals surface area contributed by atoms with Gasteiger partial charge in [-0.15, -0.1) is 0 Å². The zero-order chi connectivity index (χ0) is 15.7. The highest BCUT2D eigenvalue weighted by Gasteiger charge is 2.27. The molecule has 5 heteroatoms. The summed E-state index contributed by atoms with van der Waals surface area (Å²) < 4.78 is 0. The van der Waals surface area contributed by atoms with E-state index in [4.69, 9.17) is 11.6 Å². The predicted octanol–water partition coefficient (Wildman–Crippen LogP) is 2.77. The number of phenolic OH excluding ortho intramolecular Hbond substituents is 1. The van der Waals surface area contributed by atoms with Gasteiger partial charge in [0.15, 0.2) is 5.78 Å². The van der Waals surface area contributed by atoms with E-state index in [9.17, 15) is 9.90 Å². The number of piperazine rings is 1. The van der Waals surface area contributed by atoms with E-state index in [0.717, 1.165) is 18.7 Å². The Morgan fingerprint density at radius 1 is 1.33 bits per heavy atom. The van der Waals surface area contributed by atoms with E-state index in [0.29, 0.717) is 29.2 Å². The Labute approximate surface area is 131 Å². The van der Waals surface area contributed by atoms with Crippen molar-refractivity contribution in [1.29, 1.82) is 0 Å². The highest BCUT2D eigenvalue weighted by Crippen LogP contribution is 2.29. The molecule has 2 rings (SSSR count). The van der Waals surface area contributed by atoms with E-state index < -0.39 is 0 Å². The molecular weight excluding hydrogens is 288 g/mol. The molecule has 0 bridgehead atoms. The molecule has 0 spiro atoms. The number of phenols is 1. The number of hydrogen-bond acceptors (Lipinski definition) is 4. The summed E-state index contributed by atoms with van der Waals surface area (Å²) in [6, 6.07) is 4.19. The Kier molecular flexibility index (Phi) is 4.91. The molecule has 0 radical (unpaired) electrons. The maximum absolute atomic E-state index is 11.6. The van der Waals surface area contributed by atoms with Crippen molar-refractivity contribution in [3.63, 3.8) is 0 Å². The van der Waals surface area contributed by atoms with Gasteiger partial charge in [0.2, 0.25) is 0 Å². The molecule has 0 aromatic heterocycles. The van der Waals surface area contributed by atoms with Crippen molar-refractivity contribution < 1.29 is 9.90 Å². The minimum absolute atomic E-state index is 0.0612. The average Bonchev–Trinajstić information content (AvgIpc) is 2.39. The van der Waals surface area contributed by atoms with Crippen LogP contribution >= 0.6 is 11.6 Å². The van der Waals surface area contributed by atoms with Gasteiger partial charge in [0.25, 0.3) is 0 Å². The minimum Gasteiger partial charge on any atom is -0.507 e. The van der Waals surface area contributed by atoms with Crippen molar-refractivity contribution in [3.05, 3.63) is 28.3 Å². The van der Waals surface area contributed by atoms with Crippen LogP contribution in [-0.4, -0.2) is 52.9 Å². The highest BCUT2D eigenvalue weighted by atomic mass is 35.5. The van der Waals surface area contributed by atoms with Gasteiger partial charge in [-0.3, -0.25) is 14.6 Å². The summed E-state index contributed by atoms with van der Waals surface area (Å²) in [5.74, 6) is -0.109. The third-order valence-corrected chi connectivity index (χ3v) is 4.58. The number of carbonyl (C=O) groups is 1. The smallest absolute Gasteiger partial charge is 0.163 e. The van der Waals surface area contributed by atoms with Crippen LogP contribution in [0.2, 0.25) is 5.02 Å². The molecule has 1 saturated heterocycles. The van der Waals surface area contributed by atoms with E-state index in [-0.39, 0.29) is 11.5 Å². The second-order valence-electron chi connectivity index (χ2n) is 6.07. The van der Waals surface area contributed by atoms with Crippen LogP contribution in [0.15, 0.2) is 12.1 Å². The SMILES string of the molecule is CC(=O)c1cc(Cl)cc(CN2CC(C)N(C)C(C)C2)c1O. The molecule has 1 heterocycles. The van der Waals surface area contributed by atoms with E-state index in [1.165, 1.54) is 13.0 Å². The molecule has 1 aromatic carbocycles. The number of carbonyl (C=O) groups excluding carboxylic acids is 1. The normalized spacial score (nSPS) is 24.2. The monoisotopic (exact) mass is 310 g/mol. The van der Waals surface area contributed by atoms with Crippen molar-refractivity contribution in [2.75, 3.05) is 20.1 Å². The summed E-state index contributed by atoms with van der Waals surface area (Å²) in [5.41, 5.74) is 1.02. The topological polar surface area (TPSA) is 43.8 Å². The quantitative estimate of drug-likeness (QED) is 0.872. The lowest BCUT2D eigenvalue weighted by Crippen LogP contribution is -2.54. The Morgan fingerprint density at radius 3 is 2.43 bits per heavy atom. The van der Waals surface area contributed by atoms with Gasteiger partial charge in [0.05, 0.1) is 5.56 Å². The molecule has 2 atom stereocenters. The summed E-state index contributed by atoms with van der Waals surface area (Å²) in [6.45, 7) is 8.30. The lowest BCUT2D eigenvalue weighted by Gasteiger charge is -2.42. The van der Waals surface area contributed by atoms with Crippen molar-refractivity contribution in [3.8, 4) is 5.75 Å². The van der Waals surface area contributed by atoms with Crippen LogP contribution in [0.1, 0.15) is 36.7 Å². The fraction of sp³-hybridized carbons (Fsp3) is 0.562. The summed E-state index contributed by atoms with van der Waals surface area (Å²) in [4.78, 5) is 16.2. The first-order chi connectivity index (χ1) is 9.79. The Hall–Kier alpha value is -1.10. The zero-order valence-electron chi connectivity index (χ0n) is 13.1. The molecule has 0 aliphatic carbocycles. The van der Waals surface area contributed by atoms with Gasteiger partial charge in [-0.25, -0.2) is 0 Å². The van der Waals surface area contributed by atoms with Crippen LogP contribution in [0.5, 0.6) is 5.75 Å². The van der Waals surface area contributed by atoms with Crippen molar-refractivity contribution in [2.24, 2.45) is 0 Å². The molecule has 1 N–H and O–H groups in total. The van der Waals surface area contributed by atoms with E-state index in [2.05, 4.69) is 30.7 Å². The van der Waals surface area contributed by atoms with Crippen molar-refractivity contribution in [2.45, 2.75) is 39.4 Å². The first-order valence-electron chi connectivity index (χ1n) is 7.26. The average molecular weight is 311 g/mol. The van der Waals surface area contributed by atoms with E-state index in [1.807, 2.05) is 0 Å². The lowest BCUT2D eigenvalue weighted by molar-refractivity contribution is 0.0552. The number of nitrogens with zero attached hydrogens (tertiary/aromatic N) is 2. The van der Waals surface area contributed by atoms with Gasteiger partial charge < -0.3 is 5.11 Å². The first-order valence-corrected chi connectivity index (χ1v) is 7.64. The van der Waals surface area contributed by atoms with Gasteiger partial charge in [-0.1, -0.05) is 11.6 Å². The van der Waals surface area contributed by atoms with Gasteiger partial charge in [0.1, 0.15) is 5.75 Å². The summed E-state index contributed by atoms with van der Waals surface area (Å²) in [7, 11) is 2.14. The number of Topliss-reactive ketones (excluding diaryl/α,β-unsaturated/α-hetero) is 1. The molecule has 1 aliphatic rings. The van der Waals surface area contributed by atoms with Gasteiger partial charge in [0, 0.05) is 42.3 Å². The number of aromatic hydroxyl groups is 1. The number of halogens is 1. The number of benzene rings is 1. The molecule has 0 amide bonds. The Bertz CT molecular complexity index is 535. The lowest BCUT2D eigenvalue weighted by atomic mass is 10.0. The molecule has 4 nitrogen and oxygen atoms in total. The Balaban J connectivity index is 2.22. The fourth-order valence-electron chi connectivity index (χ4n) is 2.93. The van der Waals surface area contributed by atoms with Crippen LogP contribution < -0.4 is 0 Å².